The first-order valence-electron chi connectivity index (χ1n) is 11.0. The van der Waals surface area contributed by atoms with E-state index in [0.717, 1.165) is 28.7 Å². The summed E-state index contributed by atoms with van der Waals surface area (Å²) in [6, 6.07) is 26.9. The molecule has 3 aromatic carbocycles. The maximum atomic E-state index is 12.8. The molecular weight excluding hydrogens is 388 g/mol. The van der Waals surface area contributed by atoms with E-state index < -0.39 is 0 Å². The Labute approximate surface area is 191 Å². The minimum absolute atomic E-state index is 0.0564. The second-order valence-electron chi connectivity index (χ2n) is 8.64. The van der Waals surface area contributed by atoms with Gasteiger partial charge < -0.3 is 0 Å². The molecule has 0 bridgehead atoms. The van der Waals surface area contributed by atoms with Crippen LogP contribution in [0.15, 0.2) is 121 Å². The minimum Gasteiger partial charge on any atom is -0.289 e. The van der Waals surface area contributed by atoms with Crippen molar-refractivity contribution in [3.8, 4) is 0 Å². The van der Waals surface area contributed by atoms with Gasteiger partial charge in [-0.05, 0) is 34.2 Å². The lowest BCUT2D eigenvalue weighted by atomic mass is 9.77. The zero-order valence-electron chi connectivity index (χ0n) is 18.7. The smallest absolute Gasteiger partial charge is 0.193 e. The SMILES string of the molecule is C=C(c1ccccc1)c1ccc(C(C)(C)c2ccc(C(=O)C3=CC=CCC=C3)cc2)cc1. The molecular formula is C31H28O. The summed E-state index contributed by atoms with van der Waals surface area (Å²) in [5.74, 6) is 0.0564. The monoisotopic (exact) mass is 416 g/mol. The standard InChI is InChI=1S/C31H28O/c1-23(24-11-9-6-10-12-24)25-15-19-28(20-16-25)31(2,3)29-21-17-27(18-22-29)30(32)26-13-7-4-5-8-14-26/h4,6-22H,1,5H2,2-3H3. The van der Waals surface area contributed by atoms with Gasteiger partial charge in [-0.15, -0.1) is 0 Å². The molecule has 0 amide bonds. The van der Waals surface area contributed by atoms with E-state index in [0.29, 0.717) is 5.56 Å². The molecule has 1 nitrogen and oxygen atoms in total. The predicted octanol–water partition coefficient (Wildman–Crippen LogP) is 7.70. The Hall–Kier alpha value is -3.71. The van der Waals surface area contributed by atoms with Crippen molar-refractivity contribution < 1.29 is 4.79 Å². The molecule has 3 aromatic rings. The molecule has 0 saturated carbocycles. The predicted molar refractivity (Wildman–Crippen MR) is 135 cm³/mol. The first-order chi connectivity index (χ1) is 15.5. The van der Waals surface area contributed by atoms with Gasteiger partial charge in [0.25, 0.3) is 0 Å². The highest BCUT2D eigenvalue weighted by Crippen LogP contribution is 2.33. The van der Waals surface area contributed by atoms with Crippen LogP contribution in [-0.4, -0.2) is 5.78 Å². The number of allylic oxidation sites excluding steroid dienone is 6. The van der Waals surface area contributed by atoms with Gasteiger partial charge in [0.15, 0.2) is 5.78 Å². The van der Waals surface area contributed by atoms with Gasteiger partial charge in [0.2, 0.25) is 0 Å². The number of Topliss-reactive ketones (excluding diaryl/α,β-unsaturated/α-hetero) is 1. The Morgan fingerprint density at radius 2 is 1.31 bits per heavy atom. The maximum absolute atomic E-state index is 12.8. The molecule has 0 aliphatic heterocycles. The molecule has 0 radical (unpaired) electrons. The van der Waals surface area contributed by atoms with E-state index >= 15 is 0 Å². The molecule has 1 aliphatic rings. The van der Waals surface area contributed by atoms with E-state index in [1.54, 1.807) is 0 Å². The van der Waals surface area contributed by atoms with E-state index in [9.17, 15) is 4.79 Å². The Morgan fingerprint density at radius 3 is 1.94 bits per heavy atom. The third-order valence-electron chi connectivity index (χ3n) is 6.19. The second kappa shape index (κ2) is 9.20. The van der Waals surface area contributed by atoms with Gasteiger partial charge in [0.1, 0.15) is 0 Å². The number of hydrogen-bond donors (Lipinski definition) is 0. The first-order valence-corrected chi connectivity index (χ1v) is 11.0. The lowest BCUT2D eigenvalue weighted by Gasteiger charge is -2.26. The van der Waals surface area contributed by atoms with Gasteiger partial charge in [0.05, 0.1) is 0 Å². The topological polar surface area (TPSA) is 17.1 Å². The van der Waals surface area contributed by atoms with E-state index in [1.165, 1.54) is 11.1 Å². The molecule has 1 aliphatic carbocycles. The highest BCUT2D eigenvalue weighted by atomic mass is 16.1. The largest absolute Gasteiger partial charge is 0.289 e. The van der Waals surface area contributed by atoms with Gasteiger partial charge in [-0.1, -0.05) is 130 Å². The van der Waals surface area contributed by atoms with E-state index in [4.69, 9.17) is 0 Å². The van der Waals surface area contributed by atoms with Crippen LogP contribution in [0.25, 0.3) is 5.57 Å². The van der Waals surface area contributed by atoms with Crippen LogP contribution in [0, 0.1) is 0 Å². The van der Waals surface area contributed by atoms with Crippen LogP contribution in [0.4, 0.5) is 0 Å². The van der Waals surface area contributed by atoms with Crippen molar-refractivity contribution in [1.29, 1.82) is 0 Å². The van der Waals surface area contributed by atoms with Crippen molar-refractivity contribution in [2.45, 2.75) is 25.7 Å². The summed E-state index contributed by atoms with van der Waals surface area (Å²) in [5.41, 5.74) is 6.93. The molecule has 32 heavy (non-hydrogen) atoms. The van der Waals surface area contributed by atoms with Crippen LogP contribution in [0.2, 0.25) is 0 Å². The highest BCUT2D eigenvalue weighted by molar-refractivity contribution is 6.10. The summed E-state index contributed by atoms with van der Waals surface area (Å²) in [5, 5.41) is 0. The summed E-state index contributed by atoms with van der Waals surface area (Å²) in [6.45, 7) is 8.70. The van der Waals surface area contributed by atoms with Gasteiger partial charge in [-0.3, -0.25) is 4.79 Å². The van der Waals surface area contributed by atoms with Crippen molar-refractivity contribution in [1.82, 2.24) is 0 Å². The Kier molecular flexibility index (Phi) is 6.18. The van der Waals surface area contributed by atoms with E-state index in [1.807, 2.05) is 60.7 Å². The van der Waals surface area contributed by atoms with Crippen LogP contribution >= 0.6 is 0 Å². The van der Waals surface area contributed by atoms with Crippen LogP contribution < -0.4 is 0 Å². The fourth-order valence-electron chi connectivity index (χ4n) is 4.00. The lowest BCUT2D eigenvalue weighted by molar-refractivity contribution is 0.103. The number of carbonyl (C=O) groups is 1. The van der Waals surface area contributed by atoms with Gasteiger partial charge in [-0.25, -0.2) is 0 Å². The number of carbonyl (C=O) groups excluding carboxylic acids is 1. The molecule has 1 heteroatoms. The van der Waals surface area contributed by atoms with Crippen LogP contribution in [0.3, 0.4) is 0 Å². The molecule has 0 N–H and O–H groups in total. The Morgan fingerprint density at radius 1 is 0.750 bits per heavy atom. The van der Waals surface area contributed by atoms with E-state index in [2.05, 4.69) is 69.0 Å². The molecule has 0 atom stereocenters. The van der Waals surface area contributed by atoms with Crippen molar-refractivity contribution in [2.75, 3.05) is 0 Å². The Bertz CT molecular complexity index is 1200. The highest BCUT2D eigenvalue weighted by Gasteiger charge is 2.23. The number of benzene rings is 3. The van der Waals surface area contributed by atoms with Gasteiger partial charge in [0, 0.05) is 16.6 Å². The summed E-state index contributed by atoms with van der Waals surface area (Å²) in [4.78, 5) is 12.8. The summed E-state index contributed by atoms with van der Waals surface area (Å²) in [7, 11) is 0. The lowest BCUT2D eigenvalue weighted by Crippen LogP contribution is -2.19. The van der Waals surface area contributed by atoms with Crippen molar-refractivity contribution in [3.05, 3.63) is 149 Å². The van der Waals surface area contributed by atoms with Crippen LogP contribution in [-0.2, 0) is 5.41 Å². The van der Waals surface area contributed by atoms with Gasteiger partial charge in [-0.2, -0.15) is 0 Å². The van der Waals surface area contributed by atoms with Crippen molar-refractivity contribution in [2.24, 2.45) is 0 Å². The normalized spacial score (nSPS) is 13.4. The molecule has 0 heterocycles. The first kappa shape index (κ1) is 21.5. The number of ketones is 1. The second-order valence-corrected chi connectivity index (χ2v) is 8.64. The molecule has 0 spiro atoms. The van der Waals surface area contributed by atoms with Crippen molar-refractivity contribution in [3.63, 3.8) is 0 Å². The van der Waals surface area contributed by atoms with Crippen LogP contribution in [0.5, 0.6) is 0 Å². The van der Waals surface area contributed by atoms with Crippen molar-refractivity contribution >= 4 is 11.4 Å². The Balaban J connectivity index is 1.54. The molecule has 0 aromatic heterocycles. The summed E-state index contributed by atoms with van der Waals surface area (Å²) >= 11 is 0. The van der Waals surface area contributed by atoms with Crippen LogP contribution in [0.1, 0.15) is 52.9 Å². The maximum Gasteiger partial charge on any atom is 0.193 e. The van der Waals surface area contributed by atoms with E-state index in [-0.39, 0.29) is 11.2 Å². The molecule has 0 fully saturated rings. The zero-order valence-corrected chi connectivity index (χ0v) is 18.7. The third kappa shape index (κ3) is 4.48. The minimum atomic E-state index is -0.182. The molecule has 0 unspecified atom stereocenters. The average molecular weight is 417 g/mol. The third-order valence-corrected chi connectivity index (χ3v) is 6.19. The average Bonchev–Trinajstić information content (AvgIpc) is 3.13. The fraction of sp³-hybridized carbons (Fsp3) is 0.129. The number of hydrogen-bond acceptors (Lipinski definition) is 1. The molecule has 4 rings (SSSR count). The quantitative estimate of drug-likeness (QED) is 0.376. The summed E-state index contributed by atoms with van der Waals surface area (Å²) in [6.07, 6.45) is 10.7. The number of rotatable bonds is 6. The molecule has 0 saturated heterocycles. The molecule has 158 valence electrons. The fourth-order valence-corrected chi connectivity index (χ4v) is 4.00. The summed E-state index contributed by atoms with van der Waals surface area (Å²) < 4.78 is 0. The van der Waals surface area contributed by atoms with Gasteiger partial charge >= 0.3 is 0 Å². The zero-order chi connectivity index (χ0) is 22.6.